The molecule has 0 spiro atoms. The highest BCUT2D eigenvalue weighted by Gasteiger charge is 2.25. The summed E-state index contributed by atoms with van der Waals surface area (Å²) in [5.41, 5.74) is 1.33. The van der Waals surface area contributed by atoms with Crippen LogP contribution in [0.3, 0.4) is 0 Å². The highest BCUT2D eigenvalue weighted by Crippen LogP contribution is 2.29. The number of nitrogens with zero attached hydrogens (tertiary/aromatic N) is 3. The summed E-state index contributed by atoms with van der Waals surface area (Å²) in [6.07, 6.45) is 6.13. The van der Waals surface area contributed by atoms with E-state index in [2.05, 4.69) is 34.5 Å². The van der Waals surface area contributed by atoms with Crippen LogP contribution in [0.1, 0.15) is 51.4 Å². The van der Waals surface area contributed by atoms with Gasteiger partial charge >= 0.3 is 0 Å². The highest BCUT2D eigenvalue weighted by atomic mass is 127. The zero-order valence-corrected chi connectivity index (χ0v) is 20.7. The molecule has 0 saturated heterocycles. The van der Waals surface area contributed by atoms with E-state index in [1.165, 1.54) is 6.07 Å². The lowest BCUT2D eigenvalue weighted by molar-refractivity contribution is 0.169. The average Bonchev–Trinajstić information content (AvgIpc) is 3.14. The second kappa shape index (κ2) is 12.9. The predicted molar refractivity (Wildman–Crippen MR) is 131 cm³/mol. The highest BCUT2D eigenvalue weighted by molar-refractivity contribution is 14.0. The molecule has 168 valence electrons. The molecule has 0 aliphatic carbocycles. The summed E-state index contributed by atoms with van der Waals surface area (Å²) in [5, 5.41) is 16.0. The van der Waals surface area contributed by atoms with Gasteiger partial charge in [0.05, 0.1) is 12.2 Å². The van der Waals surface area contributed by atoms with Gasteiger partial charge in [-0.3, -0.25) is 0 Å². The van der Waals surface area contributed by atoms with Gasteiger partial charge in [0.15, 0.2) is 5.96 Å². The summed E-state index contributed by atoms with van der Waals surface area (Å²) < 4.78 is 16.3. The van der Waals surface area contributed by atoms with Crippen LogP contribution in [0.4, 0.5) is 4.39 Å². The maximum Gasteiger partial charge on any atom is 0.191 e. The molecule has 0 aliphatic rings. The number of nitrogens with one attached hydrogen (secondary N) is 2. The van der Waals surface area contributed by atoms with Gasteiger partial charge in [-0.25, -0.2) is 14.4 Å². The fourth-order valence-electron chi connectivity index (χ4n) is 3.44. The zero-order chi connectivity index (χ0) is 21.3. The van der Waals surface area contributed by atoms with Gasteiger partial charge in [0.1, 0.15) is 11.6 Å². The molecule has 6 nitrogen and oxygen atoms in total. The standard InChI is InChI=1S/C22H34FN5O.HI/c1-5-22(6-2,10-13-29)16-27-21(24-7-3)26-15-18-8-9-20(19(23)14-18)28-12-11-25-17(28)4;/h8-9,11-12,14,29H,5-7,10,13,15-16H2,1-4H3,(H2,24,26,27);1H. The Hall–Kier alpha value is -1.68. The zero-order valence-electron chi connectivity index (χ0n) is 18.4. The molecule has 0 amide bonds. The molecular weight excluding hydrogens is 496 g/mol. The number of aliphatic hydroxyl groups is 1. The number of rotatable bonds is 10. The number of halogens is 2. The number of hydrogen-bond donors (Lipinski definition) is 3. The molecule has 2 rings (SSSR count). The molecular formula is C22H35FIN5O. The first kappa shape index (κ1) is 26.4. The maximum absolute atomic E-state index is 14.6. The quantitative estimate of drug-likeness (QED) is 0.244. The Morgan fingerprint density at radius 1 is 1.23 bits per heavy atom. The second-order valence-electron chi connectivity index (χ2n) is 7.36. The monoisotopic (exact) mass is 531 g/mol. The lowest BCUT2D eigenvalue weighted by atomic mass is 9.79. The number of imidazole rings is 1. The van der Waals surface area contributed by atoms with Crippen molar-refractivity contribution in [2.24, 2.45) is 10.4 Å². The number of aliphatic imine (C=N–C) groups is 1. The van der Waals surface area contributed by atoms with Crippen LogP contribution in [-0.2, 0) is 6.54 Å². The molecule has 3 N–H and O–H groups in total. The minimum absolute atomic E-state index is 0. The van der Waals surface area contributed by atoms with Crippen molar-refractivity contribution in [1.29, 1.82) is 0 Å². The third-order valence-electron chi connectivity index (χ3n) is 5.63. The maximum atomic E-state index is 14.6. The van der Waals surface area contributed by atoms with Crippen molar-refractivity contribution < 1.29 is 9.50 Å². The van der Waals surface area contributed by atoms with Crippen molar-refractivity contribution in [2.45, 2.75) is 53.5 Å². The fraction of sp³-hybridized carbons (Fsp3) is 0.545. The molecule has 8 heteroatoms. The molecule has 0 fully saturated rings. The van der Waals surface area contributed by atoms with Crippen molar-refractivity contribution >= 4 is 29.9 Å². The first-order valence-electron chi connectivity index (χ1n) is 10.4. The van der Waals surface area contributed by atoms with Crippen LogP contribution in [0.15, 0.2) is 35.6 Å². The Bertz CT molecular complexity index is 805. The number of aliphatic hydroxyl groups excluding tert-OH is 1. The van der Waals surface area contributed by atoms with Crippen LogP contribution in [0.2, 0.25) is 0 Å². The summed E-state index contributed by atoms with van der Waals surface area (Å²) >= 11 is 0. The van der Waals surface area contributed by atoms with E-state index < -0.39 is 0 Å². The number of benzene rings is 1. The molecule has 1 aromatic carbocycles. The summed E-state index contributed by atoms with van der Waals surface area (Å²) in [6.45, 7) is 10.2. The average molecular weight is 531 g/mol. The van der Waals surface area contributed by atoms with Crippen molar-refractivity contribution in [2.75, 3.05) is 19.7 Å². The van der Waals surface area contributed by atoms with Crippen LogP contribution in [0.5, 0.6) is 0 Å². The van der Waals surface area contributed by atoms with E-state index in [0.29, 0.717) is 18.2 Å². The minimum Gasteiger partial charge on any atom is -0.396 e. The molecule has 1 aromatic heterocycles. The largest absolute Gasteiger partial charge is 0.396 e. The van der Waals surface area contributed by atoms with Crippen LogP contribution < -0.4 is 10.6 Å². The van der Waals surface area contributed by atoms with Crippen molar-refractivity contribution in [3.05, 3.63) is 47.8 Å². The van der Waals surface area contributed by atoms with Crippen LogP contribution in [0, 0.1) is 18.2 Å². The number of hydrogen-bond acceptors (Lipinski definition) is 3. The van der Waals surface area contributed by atoms with E-state index in [-0.39, 0.29) is 41.8 Å². The molecule has 2 aromatic rings. The van der Waals surface area contributed by atoms with Crippen molar-refractivity contribution in [3.8, 4) is 5.69 Å². The van der Waals surface area contributed by atoms with E-state index in [9.17, 15) is 9.50 Å². The molecule has 0 atom stereocenters. The van der Waals surface area contributed by atoms with E-state index in [1.807, 2.05) is 19.9 Å². The fourth-order valence-corrected chi connectivity index (χ4v) is 3.44. The van der Waals surface area contributed by atoms with Gasteiger partial charge in [-0.15, -0.1) is 24.0 Å². The summed E-state index contributed by atoms with van der Waals surface area (Å²) in [7, 11) is 0. The van der Waals surface area contributed by atoms with E-state index in [1.54, 1.807) is 23.0 Å². The van der Waals surface area contributed by atoms with Gasteiger partial charge in [0, 0.05) is 32.1 Å². The van der Waals surface area contributed by atoms with E-state index >= 15 is 0 Å². The smallest absolute Gasteiger partial charge is 0.191 e. The first-order valence-corrected chi connectivity index (χ1v) is 10.4. The lowest BCUT2D eigenvalue weighted by Gasteiger charge is -2.32. The van der Waals surface area contributed by atoms with Gasteiger partial charge in [0.25, 0.3) is 0 Å². The molecule has 1 heterocycles. The topological polar surface area (TPSA) is 74.5 Å². The van der Waals surface area contributed by atoms with Gasteiger partial charge in [0.2, 0.25) is 0 Å². The normalized spacial score (nSPS) is 11.9. The van der Waals surface area contributed by atoms with Crippen molar-refractivity contribution in [3.63, 3.8) is 0 Å². The Morgan fingerprint density at radius 2 is 1.97 bits per heavy atom. The Labute approximate surface area is 196 Å². The summed E-state index contributed by atoms with van der Waals surface area (Å²) in [4.78, 5) is 8.76. The molecule has 0 bridgehead atoms. The van der Waals surface area contributed by atoms with Crippen LogP contribution in [-0.4, -0.2) is 40.3 Å². The number of aryl methyl sites for hydroxylation is 1. The SMILES string of the molecule is CCNC(=NCc1ccc(-n2ccnc2C)c(F)c1)NCC(CC)(CC)CCO.I. The lowest BCUT2D eigenvalue weighted by Crippen LogP contribution is -2.43. The van der Waals surface area contributed by atoms with Gasteiger partial charge in [-0.1, -0.05) is 19.9 Å². The van der Waals surface area contributed by atoms with E-state index in [0.717, 1.165) is 43.7 Å². The summed E-state index contributed by atoms with van der Waals surface area (Å²) in [5.74, 6) is 1.15. The second-order valence-corrected chi connectivity index (χ2v) is 7.36. The molecule has 0 radical (unpaired) electrons. The van der Waals surface area contributed by atoms with Gasteiger partial charge in [-0.2, -0.15) is 0 Å². The Balaban J connectivity index is 0.00000450. The number of aromatic nitrogens is 2. The Kier molecular flexibility index (Phi) is 11.3. The number of guanidine groups is 1. The van der Waals surface area contributed by atoms with Crippen molar-refractivity contribution in [1.82, 2.24) is 20.2 Å². The third kappa shape index (κ3) is 6.94. The van der Waals surface area contributed by atoms with E-state index in [4.69, 9.17) is 0 Å². The molecule has 30 heavy (non-hydrogen) atoms. The molecule has 0 unspecified atom stereocenters. The Morgan fingerprint density at radius 3 is 2.50 bits per heavy atom. The molecule has 0 saturated carbocycles. The predicted octanol–water partition coefficient (Wildman–Crippen LogP) is 4.18. The minimum atomic E-state index is -0.296. The summed E-state index contributed by atoms with van der Waals surface area (Å²) in [6, 6.07) is 5.17. The molecule has 0 aliphatic heterocycles. The van der Waals surface area contributed by atoms with Crippen LogP contribution >= 0.6 is 24.0 Å². The van der Waals surface area contributed by atoms with Gasteiger partial charge < -0.3 is 20.3 Å². The third-order valence-corrected chi connectivity index (χ3v) is 5.63. The van der Waals surface area contributed by atoms with Gasteiger partial charge in [-0.05, 0) is 56.2 Å². The van der Waals surface area contributed by atoms with Crippen LogP contribution in [0.25, 0.3) is 5.69 Å². The first-order chi connectivity index (χ1) is 14.0.